The van der Waals surface area contributed by atoms with Crippen LogP contribution in [0.1, 0.15) is 18.3 Å². The van der Waals surface area contributed by atoms with Crippen LogP contribution >= 0.6 is 22.6 Å². The van der Waals surface area contributed by atoms with Gasteiger partial charge in [0.05, 0.1) is 26.8 Å². The highest BCUT2D eigenvalue weighted by Crippen LogP contribution is 2.25. The zero-order chi connectivity index (χ0) is 16.2. The monoisotopic (exact) mass is 415 g/mol. The Kier molecular flexibility index (Phi) is 4.63. The second-order valence-electron chi connectivity index (χ2n) is 4.90. The highest BCUT2D eigenvalue weighted by molar-refractivity contribution is 14.1. The number of benzene rings is 2. The summed E-state index contributed by atoms with van der Waals surface area (Å²) in [5.74, 6) is 1.44. The van der Waals surface area contributed by atoms with E-state index in [1.165, 1.54) is 0 Å². The molecule has 0 saturated heterocycles. The van der Waals surface area contributed by atoms with Crippen molar-refractivity contribution in [2.24, 2.45) is 0 Å². The number of nitrogens with zero attached hydrogens (tertiary/aromatic N) is 2. The first-order valence-electron chi connectivity index (χ1n) is 7.20. The Labute approximate surface area is 148 Å². The number of ether oxygens (including phenoxy) is 1. The Balaban J connectivity index is 1.98. The maximum absolute atomic E-state index is 9.47. The van der Waals surface area contributed by atoms with Gasteiger partial charge in [0, 0.05) is 0 Å². The molecule has 2 aromatic carbocycles. The highest BCUT2D eigenvalue weighted by Gasteiger charge is 2.08. The van der Waals surface area contributed by atoms with Crippen LogP contribution in [0.2, 0.25) is 0 Å². The van der Waals surface area contributed by atoms with Crippen LogP contribution in [0.25, 0.3) is 22.7 Å². The fraction of sp³-hybridized carbons (Fsp3) is 0.111. The summed E-state index contributed by atoms with van der Waals surface area (Å²) in [7, 11) is 0. The molecule has 0 aliphatic rings. The molecule has 0 fully saturated rings. The molecule has 0 aliphatic heterocycles. The number of hydrogen-bond donors (Lipinski definition) is 1. The van der Waals surface area contributed by atoms with Gasteiger partial charge in [-0.2, -0.15) is 5.26 Å². The van der Waals surface area contributed by atoms with E-state index in [4.69, 9.17) is 4.74 Å². The van der Waals surface area contributed by atoms with Gasteiger partial charge in [0.1, 0.15) is 17.6 Å². The average Bonchev–Trinajstić information content (AvgIpc) is 2.99. The minimum Gasteiger partial charge on any atom is -0.493 e. The number of H-pyrrole nitrogens is 1. The van der Waals surface area contributed by atoms with Crippen molar-refractivity contribution >= 4 is 45.3 Å². The lowest BCUT2D eigenvalue weighted by Crippen LogP contribution is -1.94. The van der Waals surface area contributed by atoms with Crippen LogP contribution < -0.4 is 4.74 Å². The van der Waals surface area contributed by atoms with Gasteiger partial charge < -0.3 is 9.72 Å². The lowest BCUT2D eigenvalue weighted by atomic mass is 10.1. The molecule has 0 amide bonds. The standard InChI is InChI=1S/C18H14IN3O/c1-2-23-17-8-7-12(10-14(17)19)9-13(11-20)18-21-15-5-3-4-6-16(15)22-18/h3-10H,2H2,1H3,(H,21,22)/b13-9+. The van der Waals surface area contributed by atoms with Gasteiger partial charge in [-0.05, 0) is 65.4 Å². The number of aromatic amines is 1. The van der Waals surface area contributed by atoms with Crippen LogP contribution in [0.5, 0.6) is 5.75 Å². The Hall–Kier alpha value is -2.33. The zero-order valence-corrected chi connectivity index (χ0v) is 14.7. The Morgan fingerprint density at radius 1 is 1.35 bits per heavy atom. The van der Waals surface area contributed by atoms with Crippen LogP contribution in [0.3, 0.4) is 0 Å². The third kappa shape index (κ3) is 3.37. The van der Waals surface area contributed by atoms with E-state index >= 15 is 0 Å². The van der Waals surface area contributed by atoms with E-state index in [9.17, 15) is 5.26 Å². The molecule has 114 valence electrons. The number of allylic oxidation sites excluding steroid dienone is 1. The van der Waals surface area contributed by atoms with Crippen LogP contribution in [-0.4, -0.2) is 16.6 Å². The Bertz CT molecular complexity index is 888. The van der Waals surface area contributed by atoms with Crippen LogP contribution in [0, 0.1) is 14.9 Å². The number of hydrogen-bond acceptors (Lipinski definition) is 3. The molecule has 23 heavy (non-hydrogen) atoms. The SMILES string of the molecule is CCOc1ccc(/C=C(\C#N)c2nc3ccccc3[nH]2)cc1I. The quantitative estimate of drug-likeness (QED) is 0.499. The van der Waals surface area contributed by atoms with Gasteiger partial charge >= 0.3 is 0 Å². The minimum atomic E-state index is 0.501. The number of nitriles is 1. The molecule has 3 aromatic rings. The van der Waals surface area contributed by atoms with Crippen molar-refractivity contribution in [3.05, 3.63) is 57.4 Å². The number of imidazole rings is 1. The summed E-state index contributed by atoms with van der Waals surface area (Å²) in [4.78, 5) is 7.66. The summed E-state index contributed by atoms with van der Waals surface area (Å²) in [6, 6.07) is 15.8. The van der Waals surface area contributed by atoms with Crippen molar-refractivity contribution in [2.75, 3.05) is 6.61 Å². The van der Waals surface area contributed by atoms with E-state index in [1.54, 1.807) is 0 Å². The lowest BCUT2D eigenvalue weighted by Gasteiger charge is -2.06. The molecule has 0 aliphatic carbocycles. The third-order valence-corrected chi connectivity index (χ3v) is 4.17. The minimum absolute atomic E-state index is 0.501. The van der Waals surface area contributed by atoms with E-state index in [0.717, 1.165) is 25.9 Å². The first-order chi connectivity index (χ1) is 11.2. The molecule has 0 radical (unpaired) electrons. The van der Waals surface area contributed by atoms with Crippen molar-refractivity contribution in [2.45, 2.75) is 6.92 Å². The van der Waals surface area contributed by atoms with Crippen LogP contribution in [0.15, 0.2) is 42.5 Å². The van der Waals surface area contributed by atoms with Crippen molar-refractivity contribution in [1.29, 1.82) is 5.26 Å². The molecule has 1 N–H and O–H groups in total. The van der Waals surface area contributed by atoms with Crippen molar-refractivity contribution in [3.8, 4) is 11.8 Å². The van der Waals surface area contributed by atoms with Crippen molar-refractivity contribution < 1.29 is 4.74 Å². The molecule has 0 unspecified atom stereocenters. The van der Waals surface area contributed by atoms with E-state index in [2.05, 4.69) is 38.6 Å². The average molecular weight is 415 g/mol. The largest absolute Gasteiger partial charge is 0.493 e. The molecule has 1 heterocycles. The summed E-state index contributed by atoms with van der Waals surface area (Å²) in [5, 5.41) is 9.47. The number of fused-ring (bicyclic) bond motifs is 1. The topological polar surface area (TPSA) is 61.7 Å². The number of rotatable bonds is 4. The van der Waals surface area contributed by atoms with E-state index in [0.29, 0.717) is 18.0 Å². The summed E-state index contributed by atoms with van der Waals surface area (Å²) in [6.07, 6.45) is 1.83. The molecule has 3 rings (SSSR count). The summed E-state index contributed by atoms with van der Waals surface area (Å²) in [6.45, 7) is 2.59. The number of nitrogens with one attached hydrogen (secondary N) is 1. The maximum atomic E-state index is 9.47. The van der Waals surface area contributed by atoms with Gasteiger partial charge in [0.15, 0.2) is 0 Å². The van der Waals surface area contributed by atoms with E-state index < -0.39 is 0 Å². The number of halogens is 1. The molecule has 5 heteroatoms. The summed E-state index contributed by atoms with van der Waals surface area (Å²) < 4.78 is 6.55. The molecule has 0 bridgehead atoms. The molecule has 0 saturated carbocycles. The summed E-state index contributed by atoms with van der Waals surface area (Å²) in [5.41, 5.74) is 3.21. The van der Waals surface area contributed by atoms with E-state index in [-0.39, 0.29) is 0 Å². The molecule has 1 aromatic heterocycles. The maximum Gasteiger partial charge on any atom is 0.149 e. The third-order valence-electron chi connectivity index (χ3n) is 3.33. The molecule has 0 atom stereocenters. The normalized spacial score (nSPS) is 11.4. The Morgan fingerprint density at radius 2 is 2.17 bits per heavy atom. The molecular weight excluding hydrogens is 401 g/mol. The fourth-order valence-corrected chi connectivity index (χ4v) is 2.98. The first-order valence-corrected chi connectivity index (χ1v) is 8.28. The van der Waals surface area contributed by atoms with Gasteiger partial charge in [-0.25, -0.2) is 4.98 Å². The van der Waals surface area contributed by atoms with E-state index in [1.807, 2.05) is 55.5 Å². The van der Waals surface area contributed by atoms with Gasteiger partial charge in [0.25, 0.3) is 0 Å². The second-order valence-corrected chi connectivity index (χ2v) is 6.06. The fourth-order valence-electron chi connectivity index (χ4n) is 2.28. The van der Waals surface area contributed by atoms with Crippen molar-refractivity contribution in [1.82, 2.24) is 9.97 Å². The lowest BCUT2D eigenvalue weighted by molar-refractivity contribution is 0.338. The highest BCUT2D eigenvalue weighted by atomic mass is 127. The Morgan fingerprint density at radius 3 is 2.87 bits per heavy atom. The van der Waals surface area contributed by atoms with Gasteiger partial charge in [-0.1, -0.05) is 18.2 Å². The van der Waals surface area contributed by atoms with Gasteiger partial charge in [0.2, 0.25) is 0 Å². The summed E-state index contributed by atoms with van der Waals surface area (Å²) >= 11 is 2.23. The smallest absolute Gasteiger partial charge is 0.149 e. The van der Waals surface area contributed by atoms with Crippen LogP contribution in [0.4, 0.5) is 0 Å². The van der Waals surface area contributed by atoms with Crippen molar-refractivity contribution in [3.63, 3.8) is 0 Å². The second kappa shape index (κ2) is 6.84. The molecule has 4 nitrogen and oxygen atoms in total. The zero-order valence-electron chi connectivity index (χ0n) is 12.5. The number of aromatic nitrogens is 2. The van der Waals surface area contributed by atoms with Crippen LogP contribution in [-0.2, 0) is 0 Å². The van der Waals surface area contributed by atoms with Gasteiger partial charge in [-0.3, -0.25) is 0 Å². The van der Waals surface area contributed by atoms with Gasteiger partial charge in [-0.15, -0.1) is 0 Å². The number of para-hydroxylation sites is 2. The predicted octanol–water partition coefficient (Wildman–Crippen LogP) is 4.63. The molecular formula is C18H14IN3O. The molecule has 0 spiro atoms. The first kappa shape index (κ1) is 15.6. The predicted molar refractivity (Wildman–Crippen MR) is 99.9 cm³/mol.